The SMILES string of the molecule is CC(Nc1ncc(F)cc1C(=O)O)C(F)(F)F. The number of anilines is 1. The van der Waals surface area contributed by atoms with Crippen molar-refractivity contribution < 1.29 is 27.5 Å². The lowest BCUT2D eigenvalue weighted by molar-refractivity contribution is -0.138. The van der Waals surface area contributed by atoms with Gasteiger partial charge in [-0.3, -0.25) is 0 Å². The first-order valence-electron chi connectivity index (χ1n) is 4.44. The largest absolute Gasteiger partial charge is 0.478 e. The van der Waals surface area contributed by atoms with E-state index < -0.39 is 35.4 Å². The molecule has 17 heavy (non-hydrogen) atoms. The van der Waals surface area contributed by atoms with Crippen molar-refractivity contribution in [2.45, 2.75) is 19.1 Å². The third-order valence-corrected chi connectivity index (χ3v) is 1.93. The summed E-state index contributed by atoms with van der Waals surface area (Å²) in [5.74, 6) is -3.02. The van der Waals surface area contributed by atoms with E-state index in [0.29, 0.717) is 12.3 Å². The summed E-state index contributed by atoms with van der Waals surface area (Å²) in [6.45, 7) is 0.802. The van der Waals surface area contributed by atoms with Gasteiger partial charge in [-0.15, -0.1) is 0 Å². The van der Waals surface area contributed by atoms with E-state index in [1.807, 2.05) is 5.32 Å². The summed E-state index contributed by atoms with van der Waals surface area (Å²) in [5, 5.41) is 10.6. The molecule has 94 valence electrons. The number of nitrogens with one attached hydrogen (secondary N) is 1. The minimum atomic E-state index is -4.55. The van der Waals surface area contributed by atoms with Crippen LogP contribution in [0, 0.1) is 5.82 Å². The lowest BCUT2D eigenvalue weighted by atomic mass is 10.2. The van der Waals surface area contributed by atoms with Crippen LogP contribution in [0.1, 0.15) is 17.3 Å². The number of nitrogens with zero attached hydrogens (tertiary/aromatic N) is 1. The van der Waals surface area contributed by atoms with Crippen molar-refractivity contribution in [3.05, 3.63) is 23.6 Å². The van der Waals surface area contributed by atoms with E-state index in [-0.39, 0.29) is 0 Å². The van der Waals surface area contributed by atoms with Gasteiger partial charge in [0, 0.05) is 0 Å². The molecule has 1 heterocycles. The fourth-order valence-corrected chi connectivity index (χ4v) is 1.00. The number of carboxylic acid groups (broad SMARTS) is 1. The molecule has 0 bridgehead atoms. The Morgan fingerprint density at radius 1 is 1.53 bits per heavy atom. The smallest absolute Gasteiger partial charge is 0.408 e. The molecule has 0 fully saturated rings. The summed E-state index contributed by atoms with van der Waals surface area (Å²) >= 11 is 0. The number of hydrogen-bond acceptors (Lipinski definition) is 3. The number of pyridine rings is 1. The van der Waals surface area contributed by atoms with Gasteiger partial charge in [0.1, 0.15) is 23.2 Å². The van der Waals surface area contributed by atoms with Crippen LogP contribution in [-0.2, 0) is 0 Å². The first-order valence-corrected chi connectivity index (χ1v) is 4.44. The van der Waals surface area contributed by atoms with Crippen molar-refractivity contribution in [2.75, 3.05) is 5.32 Å². The van der Waals surface area contributed by atoms with Gasteiger partial charge in [-0.2, -0.15) is 13.2 Å². The fourth-order valence-electron chi connectivity index (χ4n) is 1.00. The van der Waals surface area contributed by atoms with Crippen molar-refractivity contribution in [1.82, 2.24) is 4.98 Å². The Morgan fingerprint density at radius 2 is 2.12 bits per heavy atom. The monoisotopic (exact) mass is 252 g/mol. The molecule has 0 amide bonds. The Morgan fingerprint density at radius 3 is 2.59 bits per heavy atom. The number of hydrogen-bond donors (Lipinski definition) is 2. The predicted octanol–water partition coefficient (Wildman–Crippen LogP) is 2.28. The van der Waals surface area contributed by atoms with Gasteiger partial charge in [-0.25, -0.2) is 14.2 Å². The molecule has 0 saturated heterocycles. The van der Waals surface area contributed by atoms with Gasteiger partial charge in [-0.1, -0.05) is 0 Å². The van der Waals surface area contributed by atoms with Crippen LogP contribution in [0.15, 0.2) is 12.3 Å². The molecule has 0 saturated carbocycles. The first kappa shape index (κ1) is 13.2. The average Bonchev–Trinajstić information content (AvgIpc) is 2.18. The zero-order valence-electron chi connectivity index (χ0n) is 8.55. The topological polar surface area (TPSA) is 62.2 Å². The van der Waals surface area contributed by atoms with Crippen molar-refractivity contribution in [3.63, 3.8) is 0 Å². The van der Waals surface area contributed by atoms with Crippen LogP contribution in [-0.4, -0.2) is 28.3 Å². The van der Waals surface area contributed by atoms with Gasteiger partial charge in [0.15, 0.2) is 0 Å². The standard InChI is InChI=1S/C9H8F4N2O2/c1-4(9(11,12)13)15-7-6(8(16)17)2-5(10)3-14-7/h2-4H,1H3,(H,14,15)(H,16,17). The number of halogens is 4. The van der Waals surface area contributed by atoms with E-state index in [9.17, 15) is 22.4 Å². The molecule has 1 aromatic heterocycles. The quantitative estimate of drug-likeness (QED) is 0.810. The third-order valence-electron chi connectivity index (χ3n) is 1.93. The van der Waals surface area contributed by atoms with Crippen molar-refractivity contribution in [2.24, 2.45) is 0 Å². The zero-order valence-corrected chi connectivity index (χ0v) is 8.55. The van der Waals surface area contributed by atoms with E-state index in [1.54, 1.807) is 0 Å². The molecule has 1 rings (SSSR count). The summed E-state index contributed by atoms with van der Waals surface area (Å²) in [4.78, 5) is 14.0. The molecule has 0 aromatic carbocycles. The van der Waals surface area contributed by atoms with Gasteiger partial charge < -0.3 is 10.4 Å². The highest BCUT2D eigenvalue weighted by Crippen LogP contribution is 2.24. The maximum absolute atomic E-state index is 12.7. The molecule has 2 N–H and O–H groups in total. The van der Waals surface area contributed by atoms with Crippen molar-refractivity contribution in [3.8, 4) is 0 Å². The highest BCUT2D eigenvalue weighted by molar-refractivity contribution is 5.93. The summed E-state index contributed by atoms with van der Waals surface area (Å²) in [5.41, 5.74) is -0.652. The lowest BCUT2D eigenvalue weighted by Gasteiger charge is -2.18. The highest BCUT2D eigenvalue weighted by Gasteiger charge is 2.36. The number of aromatic carboxylic acids is 1. The van der Waals surface area contributed by atoms with Crippen LogP contribution in [0.4, 0.5) is 23.4 Å². The van der Waals surface area contributed by atoms with Gasteiger partial charge in [0.2, 0.25) is 0 Å². The molecule has 8 heteroatoms. The van der Waals surface area contributed by atoms with Crippen molar-refractivity contribution in [1.29, 1.82) is 0 Å². The predicted molar refractivity (Wildman–Crippen MR) is 50.3 cm³/mol. The van der Waals surface area contributed by atoms with Gasteiger partial charge in [-0.05, 0) is 13.0 Å². The second-order valence-corrected chi connectivity index (χ2v) is 3.26. The van der Waals surface area contributed by atoms with Crippen LogP contribution in [0.5, 0.6) is 0 Å². The van der Waals surface area contributed by atoms with E-state index in [0.717, 1.165) is 6.92 Å². The molecule has 1 atom stereocenters. The molecular weight excluding hydrogens is 244 g/mol. The molecule has 0 aliphatic heterocycles. The summed E-state index contributed by atoms with van der Waals surface area (Å²) in [6, 6.07) is -1.39. The van der Waals surface area contributed by atoms with Gasteiger partial charge >= 0.3 is 12.1 Å². The molecule has 0 aliphatic rings. The first-order chi connectivity index (χ1) is 7.71. The Hall–Kier alpha value is -1.86. The Bertz CT molecular complexity index is 433. The van der Waals surface area contributed by atoms with Gasteiger partial charge in [0.05, 0.1) is 6.20 Å². The van der Waals surface area contributed by atoms with Crippen LogP contribution in [0.25, 0.3) is 0 Å². The molecular formula is C9H8F4N2O2. The van der Waals surface area contributed by atoms with Crippen molar-refractivity contribution >= 4 is 11.8 Å². The van der Waals surface area contributed by atoms with Gasteiger partial charge in [0.25, 0.3) is 0 Å². The number of alkyl halides is 3. The number of carboxylic acids is 1. The highest BCUT2D eigenvalue weighted by atomic mass is 19.4. The zero-order chi connectivity index (χ0) is 13.2. The Kier molecular flexibility index (Phi) is 3.54. The molecule has 0 aliphatic carbocycles. The van der Waals surface area contributed by atoms with Crippen LogP contribution < -0.4 is 5.32 Å². The minimum Gasteiger partial charge on any atom is -0.478 e. The molecule has 1 unspecified atom stereocenters. The average molecular weight is 252 g/mol. The van der Waals surface area contributed by atoms with E-state index in [2.05, 4.69) is 4.98 Å². The molecule has 1 aromatic rings. The third kappa shape index (κ3) is 3.30. The minimum absolute atomic E-state index is 0.524. The van der Waals surface area contributed by atoms with Crippen LogP contribution >= 0.6 is 0 Å². The second kappa shape index (κ2) is 4.56. The van der Waals surface area contributed by atoms with Crippen LogP contribution in [0.3, 0.4) is 0 Å². The Balaban J connectivity index is 3.03. The summed E-state index contributed by atoms with van der Waals surface area (Å²) < 4.78 is 49.4. The van der Waals surface area contributed by atoms with E-state index in [4.69, 9.17) is 5.11 Å². The number of carbonyl (C=O) groups is 1. The summed E-state index contributed by atoms with van der Waals surface area (Å²) in [6.07, 6.45) is -3.91. The van der Waals surface area contributed by atoms with Crippen LogP contribution in [0.2, 0.25) is 0 Å². The van der Waals surface area contributed by atoms with E-state index >= 15 is 0 Å². The van der Waals surface area contributed by atoms with E-state index in [1.165, 1.54) is 0 Å². The number of aromatic nitrogens is 1. The maximum Gasteiger partial charge on any atom is 0.408 e. The second-order valence-electron chi connectivity index (χ2n) is 3.26. The molecule has 4 nitrogen and oxygen atoms in total. The molecule has 0 spiro atoms. The summed E-state index contributed by atoms with van der Waals surface area (Å²) in [7, 11) is 0. The maximum atomic E-state index is 12.7. The lowest BCUT2D eigenvalue weighted by Crippen LogP contribution is -2.34. The molecule has 0 radical (unpaired) electrons. The Labute approximate surface area is 93.3 Å². The number of rotatable bonds is 3. The normalized spacial score (nSPS) is 13.2. The fraction of sp³-hybridized carbons (Fsp3) is 0.333.